The van der Waals surface area contributed by atoms with Crippen molar-refractivity contribution in [2.45, 2.75) is 19.5 Å². The molecule has 0 saturated carbocycles. The third-order valence-corrected chi connectivity index (χ3v) is 4.20. The number of hydrogen-bond donors (Lipinski definition) is 3. The van der Waals surface area contributed by atoms with Gasteiger partial charge in [0, 0.05) is 16.6 Å². The molecule has 146 valence electrons. The van der Waals surface area contributed by atoms with Crippen LogP contribution < -0.4 is 16.2 Å². The quantitative estimate of drug-likeness (QED) is 0.446. The zero-order chi connectivity index (χ0) is 20.3. The molecule has 0 unspecified atom stereocenters. The summed E-state index contributed by atoms with van der Waals surface area (Å²) in [5, 5.41) is 3.40. The van der Waals surface area contributed by atoms with Gasteiger partial charge in [-0.25, -0.2) is 0 Å². The van der Waals surface area contributed by atoms with Gasteiger partial charge in [-0.3, -0.25) is 15.6 Å². The molecule has 28 heavy (non-hydrogen) atoms. The van der Waals surface area contributed by atoms with Crippen molar-refractivity contribution in [2.75, 3.05) is 5.32 Å². The van der Waals surface area contributed by atoms with Crippen LogP contribution in [0.4, 0.5) is 18.9 Å². The molecular formula is C19H16F3N3O2S. The number of rotatable bonds is 3. The zero-order valence-corrected chi connectivity index (χ0v) is 15.5. The fraction of sp³-hybridized carbons (Fsp3) is 0.158. The molecule has 0 aliphatic rings. The largest absolute Gasteiger partial charge is 0.461 e. The maximum absolute atomic E-state index is 12.7. The summed E-state index contributed by atoms with van der Waals surface area (Å²) in [6.45, 7) is 1.77. The third kappa shape index (κ3) is 4.61. The fourth-order valence-electron chi connectivity index (χ4n) is 2.71. The molecule has 1 aromatic heterocycles. The van der Waals surface area contributed by atoms with Gasteiger partial charge in [0.15, 0.2) is 5.11 Å². The third-order valence-electron chi connectivity index (χ3n) is 4.00. The van der Waals surface area contributed by atoms with Crippen LogP contribution in [0.15, 0.2) is 52.9 Å². The molecule has 0 spiro atoms. The highest BCUT2D eigenvalue weighted by Crippen LogP contribution is 2.30. The van der Waals surface area contributed by atoms with E-state index in [1.54, 1.807) is 6.92 Å². The highest BCUT2D eigenvalue weighted by molar-refractivity contribution is 7.80. The predicted octanol–water partition coefficient (Wildman–Crippen LogP) is 4.32. The number of carbonyl (C=O) groups excluding carboxylic acids is 1. The molecule has 0 aliphatic heterocycles. The maximum Gasteiger partial charge on any atom is 0.416 e. The first-order chi connectivity index (χ1) is 13.2. The van der Waals surface area contributed by atoms with Crippen LogP contribution in [0.5, 0.6) is 0 Å². The number of amides is 1. The van der Waals surface area contributed by atoms with Gasteiger partial charge >= 0.3 is 6.18 Å². The van der Waals surface area contributed by atoms with Gasteiger partial charge in [0.2, 0.25) is 5.91 Å². The Morgan fingerprint density at radius 3 is 2.61 bits per heavy atom. The number of fused-ring (bicyclic) bond motifs is 1. The lowest BCUT2D eigenvalue weighted by molar-refractivity contribution is -0.137. The molecule has 3 aromatic rings. The summed E-state index contributed by atoms with van der Waals surface area (Å²) in [5.41, 5.74) is 5.70. The molecule has 1 heterocycles. The molecule has 1 amide bonds. The summed E-state index contributed by atoms with van der Waals surface area (Å²) in [5.74, 6) is 0.267. The van der Waals surface area contributed by atoms with Crippen LogP contribution in [0, 0.1) is 6.92 Å². The molecule has 0 aliphatic carbocycles. The maximum atomic E-state index is 12.7. The summed E-state index contributed by atoms with van der Waals surface area (Å²) in [7, 11) is 0. The molecule has 0 saturated heterocycles. The monoisotopic (exact) mass is 407 g/mol. The Morgan fingerprint density at radius 1 is 1.11 bits per heavy atom. The second-order valence-electron chi connectivity index (χ2n) is 6.02. The Hall–Kier alpha value is -3.07. The average molecular weight is 407 g/mol. The molecule has 3 rings (SSSR count). The lowest BCUT2D eigenvalue weighted by Crippen LogP contribution is -2.44. The number of thiocarbonyl (C=S) groups is 1. The molecular weight excluding hydrogens is 391 g/mol. The molecule has 0 atom stereocenters. The minimum atomic E-state index is -4.45. The first kappa shape index (κ1) is 19.7. The Balaban J connectivity index is 1.57. The molecule has 3 N–H and O–H groups in total. The van der Waals surface area contributed by atoms with Crippen LogP contribution in [0.2, 0.25) is 0 Å². The lowest BCUT2D eigenvalue weighted by Gasteiger charge is -2.13. The number of furan rings is 1. The molecule has 0 fully saturated rings. The van der Waals surface area contributed by atoms with Gasteiger partial charge in [-0.05, 0) is 43.4 Å². The number of anilines is 1. The van der Waals surface area contributed by atoms with E-state index in [4.69, 9.17) is 16.6 Å². The number of benzene rings is 2. The van der Waals surface area contributed by atoms with Crippen molar-refractivity contribution >= 4 is 39.9 Å². The molecule has 2 aromatic carbocycles. The van der Waals surface area contributed by atoms with Crippen LogP contribution in [-0.4, -0.2) is 11.0 Å². The van der Waals surface area contributed by atoms with Gasteiger partial charge in [-0.2, -0.15) is 13.2 Å². The Labute approximate surface area is 163 Å². The van der Waals surface area contributed by atoms with Crippen LogP contribution in [-0.2, 0) is 17.4 Å². The van der Waals surface area contributed by atoms with Gasteiger partial charge in [0.1, 0.15) is 11.3 Å². The highest BCUT2D eigenvalue weighted by atomic mass is 32.1. The van der Waals surface area contributed by atoms with Gasteiger partial charge in [0.05, 0.1) is 12.0 Å². The van der Waals surface area contributed by atoms with Gasteiger partial charge in [-0.15, -0.1) is 0 Å². The summed E-state index contributed by atoms with van der Waals surface area (Å²) in [4.78, 5) is 12.2. The Bertz CT molecular complexity index is 1030. The number of hydrogen-bond acceptors (Lipinski definition) is 3. The SMILES string of the molecule is Cc1oc2ccccc2c1CC(=O)NNC(=S)Nc1cccc(C(F)(F)F)c1. The second-order valence-corrected chi connectivity index (χ2v) is 6.42. The van der Waals surface area contributed by atoms with E-state index in [0.717, 1.165) is 23.1 Å². The minimum absolute atomic E-state index is 0.0403. The van der Waals surface area contributed by atoms with Crippen LogP contribution in [0.3, 0.4) is 0 Å². The Morgan fingerprint density at radius 2 is 1.86 bits per heavy atom. The topological polar surface area (TPSA) is 66.3 Å². The second kappa shape index (κ2) is 7.89. The fourth-order valence-corrected chi connectivity index (χ4v) is 2.88. The van der Waals surface area contributed by atoms with E-state index in [1.165, 1.54) is 12.1 Å². The van der Waals surface area contributed by atoms with E-state index >= 15 is 0 Å². The highest BCUT2D eigenvalue weighted by Gasteiger charge is 2.30. The van der Waals surface area contributed by atoms with E-state index < -0.39 is 11.7 Å². The van der Waals surface area contributed by atoms with E-state index in [1.807, 2.05) is 24.3 Å². The lowest BCUT2D eigenvalue weighted by atomic mass is 10.1. The van der Waals surface area contributed by atoms with Crippen molar-refractivity contribution in [3.63, 3.8) is 0 Å². The number of alkyl halides is 3. The smallest absolute Gasteiger partial charge is 0.416 e. The van der Waals surface area contributed by atoms with E-state index in [-0.39, 0.29) is 23.1 Å². The summed E-state index contributed by atoms with van der Waals surface area (Å²) in [6, 6.07) is 12.0. The van der Waals surface area contributed by atoms with Crippen molar-refractivity contribution < 1.29 is 22.4 Å². The first-order valence-corrected chi connectivity index (χ1v) is 8.65. The van der Waals surface area contributed by atoms with Gasteiger partial charge in [0.25, 0.3) is 0 Å². The predicted molar refractivity (Wildman–Crippen MR) is 104 cm³/mol. The number of nitrogens with one attached hydrogen (secondary N) is 3. The summed E-state index contributed by atoms with van der Waals surface area (Å²) in [6.07, 6.45) is -4.39. The normalized spacial score (nSPS) is 11.3. The van der Waals surface area contributed by atoms with Gasteiger partial charge < -0.3 is 9.73 Å². The van der Waals surface area contributed by atoms with Crippen molar-refractivity contribution in [3.05, 3.63) is 65.4 Å². The van der Waals surface area contributed by atoms with Gasteiger partial charge in [-0.1, -0.05) is 24.3 Å². The van der Waals surface area contributed by atoms with E-state index in [0.29, 0.717) is 11.3 Å². The number of carbonyl (C=O) groups is 1. The number of para-hydroxylation sites is 1. The van der Waals surface area contributed by atoms with Crippen LogP contribution in [0.1, 0.15) is 16.9 Å². The zero-order valence-electron chi connectivity index (χ0n) is 14.7. The summed E-state index contributed by atoms with van der Waals surface area (Å²) >= 11 is 5.01. The molecule has 0 radical (unpaired) electrons. The number of hydrazine groups is 1. The van der Waals surface area contributed by atoms with E-state index in [2.05, 4.69) is 16.2 Å². The van der Waals surface area contributed by atoms with Crippen molar-refractivity contribution in [3.8, 4) is 0 Å². The van der Waals surface area contributed by atoms with E-state index in [9.17, 15) is 18.0 Å². The van der Waals surface area contributed by atoms with Crippen LogP contribution >= 0.6 is 12.2 Å². The first-order valence-electron chi connectivity index (χ1n) is 8.24. The number of aryl methyl sites for hydroxylation is 1. The average Bonchev–Trinajstić information content (AvgIpc) is 2.95. The van der Waals surface area contributed by atoms with Crippen molar-refractivity contribution in [2.24, 2.45) is 0 Å². The molecule has 5 nitrogen and oxygen atoms in total. The summed E-state index contributed by atoms with van der Waals surface area (Å²) < 4.78 is 43.8. The number of halogens is 3. The van der Waals surface area contributed by atoms with Crippen molar-refractivity contribution in [1.29, 1.82) is 0 Å². The Kier molecular flexibility index (Phi) is 5.55. The standard InChI is InChI=1S/C19H16F3N3O2S/c1-11-15(14-7-2-3-8-16(14)27-11)10-17(26)24-25-18(28)23-13-6-4-5-12(9-13)19(20,21)22/h2-9H,10H2,1H3,(H,24,26)(H2,23,25,28). The molecule has 0 bridgehead atoms. The minimum Gasteiger partial charge on any atom is -0.461 e. The van der Waals surface area contributed by atoms with Crippen molar-refractivity contribution in [1.82, 2.24) is 10.9 Å². The molecule has 9 heteroatoms. The van der Waals surface area contributed by atoms with Crippen LogP contribution in [0.25, 0.3) is 11.0 Å².